The fourth-order valence-corrected chi connectivity index (χ4v) is 2.42. The first-order valence-corrected chi connectivity index (χ1v) is 7.33. The van der Waals surface area contributed by atoms with Gasteiger partial charge in [0.1, 0.15) is 5.82 Å². The summed E-state index contributed by atoms with van der Waals surface area (Å²) in [6.45, 7) is 2.84. The summed E-state index contributed by atoms with van der Waals surface area (Å²) >= 11 is 0. The molecule has 22 heavy (non-hydrogen) atoms. The average Bonchev–Trinajstić information content (AvgIpc) is 2.49. The molecular formula is C15H21FN4O2. The molecule has 1 saturated heterocycles. The van der Waals surface area contributed by atoms with E-state index in [2.05, 4.69) is 10.6 Å². The zero-order valence-electron chi connectivity index (χ0n) is 12.5. The van der Waals surface area contributed by atoms with Crippen LogP contribution in [-0.4, -0.2) is 42.0 Å². The van der Waals surface area contributed by atoms with Crippen LogP contribution in [0.5, 0.6) is 0 Å². The second-order valence-corrected chi connectivity index (χ2v) is 5.49. The summed E-state index contributed by atoms with van der Waals surface area (Å²) in [5.41, 5.74) is 6.11. The quantitative estimate of drug-likeness (QED) is 0.786. The lowest BCUT2D eigenvalue weighted by Gasteiger charge is -2.33. The van der Waals surface area contributed by atoms with E-state index in [1.54, 1.807) is 11.8 Å². The van der Waals surface area contributed by atoms with Crippen molar-refractivity contribution in [2.24, 2.45) is 5.73 Å². The van der Waals surface area contributed by atoms with Crippen molar-refractivity contribution in [3.05, 3.63) is 30.1 Å². The van der Waals surface area contributed by atoms with E-state index in [-0.39, 0.29) is 23.8 Å². The van der Waals surface area contributed by atoms with Crippen molar-refractivity contribution in [2.45, 2.75) is 31.8 Å². The molecule has 0 spiro atoms. The first-order valence-electron chi connectivity index (χ1n) is 7.33. The molecule has 2 rings (SSSR count). The predicted molar refractivity (Wildman–Crippen MR) is 81.8 cm³/mol. The number of carbonyl (C=O) groups excluding carboxylic acids is 2. The van der Waals surface area contributed by atoms with Crippen LogP contribution in [-0.2, 0) is 4.79 Å². The van der Waals surface area contributed by atoms with E-state index >= 15 is 0 Å². The third kappa shape index (κ3) is 4.42. The fraction of sp³-hybridized carbons (Fsp3) is 0.467. The van der Waals surface area contributed by atoms with E-state index < -0.39 is 6.04 Å². The molecule has 0 aliphatic carbocycles. The molecule has 0 saturated carbocycles. The molecule has 1 aromatic carbocycles. The van der Waals surface area contributed by atoms with E-state index in [0.717, 1.165) is 0 Å². The van der Waals surface area contributed by atoms with Gasteiger partial charge >= 0.3 is 6.03 Å². The number of piperidine rings is 1. The number of hydrogen-bond donors (Lipinski definition) is 3. The number of amides is 3. The van der Waals surface area contributed by atoms with Crippen LogP contribution in [0.25, 0.3) is 0 Å². The van der Waals surface area contributed by atoms with Gasteiger partial charge in [-0.3, -0.25) is 4.79 Å². The van der Waals surface area contributed by atoms with Crippen LogP contribution in [0.2, 0.25) is 0 Å². The zero-order valence-corrected chi connectivity index (χ0v) is 12.5. The molecule has 1 aliphatic rings. The minimum atomic E-state index is -0.494. The summed E-state index contributed by atoms with van der Waals surface area (Å²) in [6.07, 6.45) is 1.38. The molecule has 1 atom stereocenters. The normalized spacial score (nSPS) is 17.0. The summed E-state index contributed by atoms with van der Waals surface area (Å²) in [5.74, 6) is -0.411. The van der Waals surface area contributed by atoms with Crippen LogP contribution in [0.15, 0.2) is 24.3 Å². The van der Waals surface area contributed by atoms with Crippen molar-refractivity contribution in [1.29, 1.82) is 0 Å². The number of nitrogens with one attached hydrogen (secondary N) is 2. The van der Waals surface area contributed by atoms with Gasteiger partial charge in [0, 0.05) is 24.8 Å². The molecule has 0 radical (unpaired) electrons. The maximum absolute atomic E-state index is 12.8. The average molecular weight is 308 g/mol. The molecular weight excluding hydrogens is 287 g/mol. The van der Waals surface area contributed by atoms with E-state index in [4.69, 9.17) is 5.73 Å². The second kappa shape index (κ2) is 7.22. The molecule has 6 nitrogen and oxygen atoms in total. The van der Waals surface area contributed by atoms with Gasteiger partial charge in [-0.1, -0.05) is 0 Å². The number of carbonyl (C=O) groups is 2. The van der Waals surface area contributed by atoms with Gasteiger partial charge in [0.25, 0.3) is 0 Å². The zero-order chi connectivity index (χ0) is 16.1. The molecule has 1 heterocycles. The van der Waals surface area contributed by atoms with Crippen molar-refractivity contribution < 1.29 is 14.0 Å². The molecule has 3 amide bonds. The van der Waals surface area contributed by atoms with Crippen molar-refractivity contribution in [2.75, 3.05) is 18.4 Å². The lowest BCUT2D eigenvalue weighted by Crippen LogP contribution is -2.50. The highest BCUT2D eigenvalue weighted by atomic mass is 19.1. The molecule has 7 heteroatoms. The van der Waals surface area contributed by atoms with E-state index in [9.17, 15) is 14.0 Å². The van der Waals surface area contributed by atoms with Gasteiger partial charge in [0.05, 0.1) is 6.04 Å². The molecule has 0 aromatic heterocycles. The Morgan fingerprint density at radius 1 is 1.27 bits per heavy atom. The Kier molecular flexibility index (Phi) is 5.32. The van der Waals surface area contributed by atoms with Gasteiger partial charge in [-0.2, -0.15) is 0 Å². The molecule has 1 fully saturated rings. The van der Waals surface area contributed by atoms with Gasteiger partial charge in [-0.15, -0.1) is 0 Å². The van der Waals surface area contributed by atoms with Crippen LogP contribution in [0.1, 0.15) is 19.8 Å². The molecule has 4 N–H and O–H groups in total. The van der Waals surface area contributed by atoms with E-state index in [0.29, 0.717) is 31.6 Å². The number of nitrogens with zero attached hydrogens (tertiary/aromatic N) is 1. The number of anilines is 1. The Hall–Kier alpha value is -2.15. The third-order valence-corrected chi connectivity index (χ3v) is 3.63. The highest BCUT2D eigenvalue weighted by molar-refractivity contribution is 5.89. The van der Waals surface area contributed by atoms with Gasteiger partial charge in [0.15, 0.2) is 0 Å². The number of rotatable bonds is 3. The Balaban J connectivity index is 1.77. The third-order valence-electron chi connectivity index (χ3n) is 3.63. The molecule has 0 unspecified atom stereocenters. The highest BCUT2D eigenvalue weighted by Gasteiger charge is 2.25. The summed E-state index contributed by atoms with van der Waals surface area (Å²) < 4.78 is 12.8. The maximum atomic E-state index is 12.8. The lowest BCUT2D eigenvalue weighted by molar-refractivity contribution is -0.133. The standard InChI is InChI=1S/C15H21FN4O2/c1-10(17)14(21)20-8-6-13(7-9-20)19-15(22)18-12-4-2-11(16)3-5-12/h2-5,10,13H,6-9,17H2,1H3,(H2,18,19,22)/t10-/m0/s1. The van der Waals surface area contributed by atoms with Gasteiger partial charge in [-0.25, -0.2) is 9.18 Å². The number of benzene rings is 1. The van der Waals surface area contributed by atoms with Gasteiger partial charge < -0.3 is 21.3 Å². The first kappa shape index (κ1) is 16.2. The minimum absolute atomic E-state index is 0.0116. The van der Waals surface area contributed by atoms with Crippen molar-refractivity contribution in [3.8, 4) is 0 Å². The van der Waals surface area contributed by atoms with E-state index in [1.807, 2.05) is 0 Å². The Labute approximate surface area is 128 Å². The van der Waals surface area contributed by atoms with E-state index in [1.165, 1.54) is 24.3 Å². The second-order valence-electron chi connectivity index (χ2n) is 5.49. The lowest BCUT2D eigenvalue weighted by atomic mass is 10.0. The Morgan fingerprint density at radius 3 is 2.41 bits per heavy atom. The summed E-state index contributed by atoms with van der Waals surface area (Å²) in [4.78, 5) is 25.4. The Morgan fingerprint density at radius 2 is 1.86 bits per heavy atom. The smallest absolute Gasteiger partial charge is 0.319 e. The largest absolute Gasteiger partial charge is 0.341 e. The Bertz CT molecular complexity index is 525. The van der Waals surface area contributed by atoms with Crippen molar-refractivity contribution in [1.82, 2.24) is 10.2 Å². The number of hydrogen-bond acceptors (Lipinski definition) is 3. The number of likely N-dealkylation sites (tertiary alicyclic amines) is 1. The minimum Gasteiger partial charge on any atom is -0.341 e. The number of halogens is 1. The van der Waals surface area contributed by atoms with Gasteiger partial charge in [0.2, 0.25) is 5.91 Å². The van der Waals surface area contributed by atoms with Gasteiger partial charge in [-0.05, 0) is 44.0 Å². The number of urea groups is 1. The molecule has 1 aromatic rings. The van der Waals surface area contributed by atoms with Crippen LogP contribution in [0, 0.1) is 5.82 Å². The summed E-state index contributed by atoms with van der Waals surface area (Å²) in [5, 5.41) is 5.51. The monoisotopic (exact) mass is 308 g/mol. The van der Waals surface area contributed by atoms with Crippen molar-refractivity contribution in [3.63, 3.8) is 0 Å². The fourth-order valence-electron chi connectivity index (χ4n) is 2.42. The highest BCUT2D eigenvalue weighted by Crippen LogP contribution is 2.12. The maximum Gasteiger partial charge on any atom is 0.319 e. The molecule has 0 bridgehead atoms. The van der Waals surface area contributed by atoms with Crippen LogP contribution in [0.3, 0.4) is 0 Å². The van der Waals surface area contributed by atoms with Crippen LogP contribution < -0.4 is 16.4 Å². The summed E-state index contributed by atoms with van der Waals surface area (Å²) in [6, 6.07) is 4.76. The van der Waals surface area contributed by atoms with Crippen LogP contribution in [0.4, 0.5) is 14.9 Å². The summed E-state index contributed by atoms with van der Waals surface area (Å²) in [7, 11) is 0. The predicted octanol–water partition coefficient (Wildman–Crippen LogP) is 1.29. The topological polar surface area (TPSA) is 87.5 Å². The first-order chi connectivity index (χ1) is 10.5. The number of nitrogens with two attached hydrogens (primary N) is 1. The molecule has 120 valence electrons. The SMILES string of the molecule is C[C@H](N)C(=O)N1CCC(NC(=O)Nc2ccc(F)cc2)CC1. The van der Waals surface area contributed by atoms with Crippen molar-refractivity contribution >= 4 is 17.6 Å². The van der Waals surface area contributed by atoms with Crippen LogP contribution >= 0.6 is 0 Å². The molecule has 1 aliphatic heterocycles.